The van der Waals surface area contributed by atoms with Gasteiger partial charge in [-0.15, -0.1) is 0 Å². The van der Waals surface area contributed by atoms with E-state index in [1.165, 1.54) is 12.1 Å². The number of halogens is 3. The Morgan fingerprint density at radius 2 is 1.63 bits per heavy atom. The van der Waals surface area contributed by atoms with Crippen LogP contribution in [0, 0.1) is 0 Å². The molecule has 3 rings (SSSR count). The molecule has 3 aromatic rings. The molecular weight excluding hydrogens is 351 g/mol. The van der Waals surface area contributed by atoms with Crippen LogP contribution in [0.4, 0.5) is 13.2 Å². The zero-order valence-corrected chi connectivity index (χ0v) is 15.3. The normalized spacial score (nSPS) is 15.5. The fourth-order valence-corrected chi connectivity index (χ4v) is 3.74. The van der Waals surface area contributed by atoms with Gasteiger partial charge in [0.1, 0.15) is 0 Å². The molecule has 1 N–H and O–H groups in total. The summed E-state index contributed by atoms with van der Waals surface area (Å²) >= 11 is 0. The van der Waals surface area contributed by atoms with Gasteiger partial charge < -0.3 is 5.11 Å². The molecule has 0 radical (unpaired) electrons. The van der Waals surface area contributed by atoms with Crippen LogP contribution in [-0.4, -0.2) is 10.1 Å². The van der Waals surface area contributed by atoms with Crippen molar-refractivity contribution in [2.75, 3.05) is 0 Å². The van der Waals surface area contributed by atoms with E-state index in [0.717, 1.165) is 17.0 Å². The molecule has 142 valence electrons. The summed E-state index contributed by atoms with van der Waals surface area (Å²) in [5.41, 5.74) is -0.268. The highest BCUT2D eigenvalue weighted by Gasteiger charge is 2.37. The van der Waals surface area contributed by atoms with Crippen LogP contribution in [0.1, 0.15) is 49.3 Å². The van der Waals surface area contributed by atoms with Gasteiger partial charge in [-0.05, 0) is 55.0 Å². The quantitative estimate of drug-likeness (QED) is 0.591. The molecule has 1 heterocycles. The van der Waals surface area contributed by atoms with Crippen LogP contribution < -0.4 is 0 Å². The van der Waals surface area contributed by atoms with Gasteiger partial charge in [-0.25, -0.2) is 0 Å². The van der Waals surface area contributed by atoms with Gasteiger partial charge >= 0.3 is 6.18 Å². The number of fused-ring (bicyclic) bond motifs is 1. The Balaban J connectivity index is 2.01. The SMILES string of the molecule is CCC(CC(C)(O)c1ccnc2ccccc12)c1ccccc1C(F)(F)F. The lowest BCUT2D eigenvalue weighted by Gasteiger charge is -2.31. The standard InChI is InChI=1S/C22H22F3NO/c1-3-15(16-8-4-6-10-19(16)22(23,24)25)14-21(2,27)18-12-13-26-20-11-7-5-9-17(18)20/h4-13,15,27H,3,14H2,1-2H3. The minimum atomic E-state index is -4.42. The van der Waals surface area contributed by atoms with Crippen molar-refractivity contribution in [3.63, 3.8) is 0 Å². The van der Waals surface area contributed by atoms with Crippen molar-refractivity contribution in [1.82, 2.24) is 4.98 Å². The van der Waals surface area contributed by atoms with Crippen LogP contribution in [0.2, 0.25) is 0 Å². The highest BCUT2D eigenvalue weighted by Crippen LogP contribution is 2.42. The summed E-state index contributed by atoms with van der Waals surface area (Å²) in [6.45, 7) is 3.51. The highest BCUT2D eigenvalue weighted by atomic mass is 19.4. The second-order valence-corrected chi connectivity index (χ2v) is 7.04. The summed E-state index contributed by atoms with van der Waals surface area (Å²) in [6, 6.07) is 14.8. The van der Waals surface area contributed by atoms with Crippen LogP contribution in [0.3, 0.4) is 0 Å². The van der Waals surface area contributed by atoms with E-state index in [4.69, 9.17) is 0 Å². The van der Waals surface area contributed by atoms with Crippen LogP contribution in [0.25, 0.3) is 10.9 Å². The fraction of sp³-hybridized carbons (Fsp3) is 0.318. The molecule has 0 aliphatic carbocycles. The zero-order valence-electron chi connectivity index (χ0n) is 15.3. The molecule has 0 aliphatic rings. The summed E-state index contributed by atoms with van der Waals surface area (Å²) in [5.74, 6) is -0.426. The Morgan fingerprint density at radius 1 is 0.963 bits per heavy atom. The molecule has 0 saturated heterocycles. The Labute approximate surface area is 156 Å². The summed E-state index contributed by atoms with van der Waals surface area (Å²) in [4.78, 5) is 4.30. The van der Waals surface area contributed by atoms with Crippen LogP contribution >= 0.6 is 0 Å². The first-order valence-corrected chi connectivity index (χ1v) is 8.96. The maximum Gasteiger partial charge on any atom is 0.416 e. The number of benzene rings is 2. The molecule has 5 heteroatoms. The molecule has 0 amide bonds. The van der Waals surface area contributed by atoms with E-state index in [-0.39, 0.29) is 12.0 Å². The average molecular weight is 373 g/mol. The van der Waals surface area contributed by atoms with Crippen LogP contribution in [-0.2, 0) is 11.8 Å². The Kier molecular flexibility index (Phi) is 5.24. The average Bonchev–Trinajstić information content (AvgIpc) is 2.65. The number of aliphatic hydroxyl groups is 1. The smallest absolute Gasteiger partial charge is 0.385 e. The molecule has 0 saturated carbocycles. The molecule has 0 fully saturated rings. The first-order valence-electron chi connectivity index (χ1n) is 8.96. The minimum absolute atomic E-state index is 0.185. The zero-order chi connectivity index (χ0) is 19.7. The summed E-state index contributed by atoms with van der Waals surface area (Å²) in [5, 5.41) is 12.0. The predicted molar refractivity (Wildman–Crippen MR) is 100 cm³/mol. The van der Waals surface area contributed by atoms with E-state index in [1.54, 1.807) is 25.3 Å². The lowest BCUT2D eigenvalue weighted by molar-refractivity contribution is -0.138. The third-order valence-corrected chi connectivity index (χ3v) is 5.07. The lowest BCUT2D eigenvalue weighted by atomic mass is 9.79. The monoisotopic (exact) mass is 373 g/mol. The van der Waals surface area contributed by atoms with E-state index < -0.39 is 23.3 Å². The van der Waals surface area contributed by atoms with Gasteiger partial charge in [0.2, 0.25) is 0 Å². The van der Waals surface area contributed by atoms with Crippen molar-refractivity contribution < 1.29 is 18.3 Å². The molecule has 2 unspecified atom stereocenters. The summed E-state index contributed by atoms with van der Waals surface area (Å²) in [7, 11) is 0. The van der Waals surface area contributed by atoms with Crippen LogP contribution in [0.15, 0.2) is 60.8 Å². The number of alkyl halides is 3. The highest BCUT2D eigenvalue weighted by molar-refractivity contribution is 5.82. The number of para-hydroxylation sites is 1. The largest absolute Gasteiger partial charge is 0.416 e. The Bertz CT molecular complexity index is 929. The molecule has 2 atom stereocenters. The molecule has 1 aromatic heterocycles. The lowest BCUT2D eigenvalue weighted by Crippen LogP contribution is -2.25. The third kappa shape index (κ3) is 3.98. The van der Waals surface area contributed by atoms with Gasteiger partial charge in [0.25, 0.3) is 0 Å². The molecule has 2 nitrogen and oxygen atoms in total. The van der Waals surface area contributed by atoms with Crippen molar-refractivity contribution in [2.24, 2.45) is 0 Å². The first-order chi connectivity index (χ1) is 12.7. The Morgan fingerprint density at radius 3 is 2.33 bits per heavy atom. The van der Waals surface area contributed by atoms with E-state index in [2.05, 4.69) is 4.98 Å². The molecule has 0 bridgehead atoms. The number of rotatable bonds is 5. The molecule has 27 heavy (non-hydrogen) atoms. The number of hydrogen-bond acceptors (Lipinski definition) is 2. The van der Waals surface area contributed by atoms with Crippen molar-refractivity contribution in [2.45, 2.75) is 44.4 Å². The number of hydrogen-bond donors (Lipinski definition) is 1. The molecule has 0 spiro atoms. The molecule has 2 aromatic carbocycles. The van der Waals surface area contributed by atoms with Crippen LogP contribution in [0.5, 0.6) is 0 Å². The van der Waals surface area contributed by atoms with Gasteiger partial charge in [0.15, 0.2) is 0 Å². The summed E-state index contributed by atoms with van der Waals surface area (Å²) < 4.78 is 40.3. The predicted octanol–water partition coefficient (Wildman–Crippen LogP) is 6.05. The van der Waals surface area contributed by atoms with Gasteiger partial charge in [0, 0.05) is 11.6 Å². The van der Waals surface area contributed by atoms with Crippen molar-refractivity contribution >= 4 is 10.9 Å². The van der Waals surface area contributed by atoms with Gasteiger partial charge in [-0.1, -0.05) is 43.3 Å². The van der Waals surface area contributed by atoms with E-state index in [0.29, 0.717) is 12.0 Å². The maximum atomic E-state index is 13.4. The third-order valence-electron chi connectivity index (χ3n) is 5.07. The second-order valence-electron chi connectivity index (χ2n) is 7.04. The molecule has 0 aliphatic heterocycles. The van der Waals surface area contributed by atoms with E-state index >= 15 is 0 Å². The van der Waals surface area contributed by atoms with Crippen molar-refractivity contribution in [3.05, 3.63) is 77.5 Å². The van der Waals surface area contributed by atoms with E-state index in [1.807, 2.05) is 31.2 Å². The van der Waals surface area contributed by atoms with Crippen molar-refractivity contribution in [3.8, 4) is 0 Å². The second kappa shape index (κ2) is 7.31. The van der Waals surface area contributed by atoms with E-state index in [9.17, 15) is 18.3 Å². The number of aromatic nitrogens is 1. The van der Waals surface area contributed by atoms with Gasteiger partial charge in [-0.3, -0.25) is 4.98 Å². The fourth-order valence-electron chi connectivity index (χ4n) is 3.74. The number of pyridine rings is 1. The van der Waals surface area contributed by atoms with Gasteiger partial charge in [-0.2, -0.15) is 13.2 Å². The Hall–Kier alpha value is -2.40. The minimum Gasteiger partial charge on any atom is -0.385 e. The topological polar surface area (TPSA) is 33.1 Å². The summed E-state index contributed by atoms with van der Waals surface area (Å²) in [6.07, 6.45) is -2.12. The molecular formula is C22H22F3NO. The van der Waals surface area contributed by atoms with Crippen molar-refractivity contribution in [1.29, 1.82) is 0 Å². The van der Waals surface area contributed by atoms with Gasteiger partial charge in [0.05, 0.1) is 16.7 Å². The first kappa shape index (κ1) is 19.4. The number of nitrogens with zero attached hydrogens (tertiary/aromatic N) is 1. The maximum absolute atomic E-state index is 13.4.